The van der Waals surface area contributed by atoms with E-state index in [1.54, 1.807) is 0 Å². The highest BCUT2D eigenvalue weighted by molar-refractivity contribution is 6.31. The van der Waals surface area contributed by atoms with Crippen molar-refractivity contribution in [3.8, 4) is 0 Å². The lowest BCUT2D eigenvalue weighted by Gasteiger charge is -2.08. The lowest BCUT2D eigenvalue weighted by Crippen LogP contribution is -2.39. The number of nitrogens with zero attached hydrogens (tertiary/aromatic N) is 2. The zero-order valence-electron chi connectivity index (χ0n) is 10.9. The summed E-state index contributed by atoms with van der Waals surface area (Å²) in [6, 6.07) is 4.39. The third kappa shape index (κ3) is 2.25. The van der Waals surface area contributed by atoms with Gasteiger partial charge in [-0.3, -0.25) is 14.2 Å². The topological polar surface area (TPSA) is 87.1 Å². The molecule has 2 rings (SSSR count). The first kappa shape index (κ1) is 14.1. The summed E-state index contributed by atoms with van der Waals surface area (Å²) in [6.07, 6.45) is 1.21. The predicted octanol–water partition coefficient (Wildman–Crippen LogP) is 0.551. The van der Waals surface area contributed by atoms with Gasteiger partial charge in [0.25, 0.3) is 5.56 Å². The van der Waals surface area contributed by atoms with Crippen LogP contribution >= 0.6 is 11.6 Å². The summed E-state index contributed by atoms with van der Waals surface area (Å²) in [5.41, 5.74) is 4.80. The first-order valence-corrected chi connectivity index (χ1v) is 6.07. The Morgan fingerprint density at radius 2 is 1.85 bits per heavy atom. The van der Waals surface area contributed by atoms with Gasteiger partial charge >= 0.3 is 5.69 Å². The molecule has 0 unspecified atom stereocenters. The molecule has 0 saturated heterocycles. The van der Waals surface area contributed by atoms with Crippen LogP contribution in [0, 0.1) is 0 Å². The smallest absolute Gasteiger partial charge is 0.330 e. The van der Waals surface area contributed by atoms with Gasteiger partial charge < -0.3 is 10.3 Å². The molecule has 6 nitrogen and oxygen atoms in total. The van der Waals surface area contributed by atoms with Crippen molar-refractivity contribution in [3.05, 3.63) is 61.4 Å². The van der Waals surface area contributed by atoms with Crippen LogP contribution in [0.5, 0.6) is 0 Å². The molecule has 1 aromatic heterocycles. The summed E-state index contributed by atoms with van der Waals surface area (Å²) in [4.78, 5) is 35.9. The van der Waals surface area contributed by atoms with Crippen molar-refractivity contribution in [1.29, 1.82) is 0 Å². The first-order chi connectivity index (χ1) is 9.32. The summed E-state index contributed by atoms with van der Waals surface area (Å²) in [5, 5.41) is 0.396. The van der Waals surface area contributed by atoms with Crippen molar-refractivity contribution in [2.75, 3.05) is 5.73 Å². The maximum absolute atomic E-state index is 12.4. The Morgan fingerprint density at radius 3 is 2.45 bits per heavy atom. The van der Waals surface area contributed by atoms with E-state index >= 15 is 0 Å². The standard InChI is InChI=1S/C13H12ClN3O3/c1-16-6-9(12(19)17(2)13(16)20)11(18)8-4-3-7(14)5-10(8)15/h3-6H,15H2,1-2H3. The van der Waals surface area contributed by atoms with Crippen LogP contribution in [-0.2, 0) is 14.1 Å². The highest BCUT2D eigenvalue weighted by atomic mass is 35.5. The molecule has 0 fully saturated rings. The van der Waals surface area contributed by atoms with E-state index in [0.717, 1.165) is 4.57 Å². The maximum Gasteiger partial charge on any atom is 0.330 e. The number of hydrogen-bond acceptors (Lipinski definition) is 4. The lowest BCUT2D eigenvalue weighted by atomic mass is 10.0. The molecule has 1 heterocycles. The predicted molar refractivity (Wildman–Crippen MR) is 76.2 cm³/mol. The Hall–Kier alpha value is -2.34. The molecular weight excluding hydrogens is 282 g/mol. The van der Waals surface area contributed by atoms with Gasteiger partial charge in [0.15, 0.2) is 0 Å². The molecule has 0 aliphatic heterocycles. The van der Waals surface area contributed by atoms with Gasteiger partial charge in [0.1, 0.15) is 5.56 Å². The summed E-state index contributed by atoms with van der Waals surface area (Å²) < 4.78 is 2.04. The fourth-order valence-corrected chi connectivity index (χ4v) is 2.03. The molecule has 7 heteroatoms. The fraction of sp³-hybridized carbons (Fsp3) is 0.154. The van der Waals surface area contributed by atoms with E-state index in [1.807, 2.05) is 0 Å². The van der Waals surface area contributed by atoms with E-state index in [2.05, 4.69) is 0 Å². The van der Waals surface area contributed by atoms with Gasteiger partial charge in [-0.25, -0.2) is 4.79 Å². The molecule has 0 bridgehead atoms. The quantitative estimate of drug-likeness (QED) is 0.647. The molecule has 0 atom stereocenters. The van der Waals surface area contributed by atoms with E-state index in [9.17, 15) is 14.4 Å². The molecule has 2 N–H and O–H groups in total. The van der Waals surface area contributed by atoms with Crippen molar-refractivity contribution >= 4 is 23.1 Å². The Morgan fingerprint density at radius 1 is 1.20 bits per heavy atom. The zero-order valence-corrected chi connectivity index (χ0v) is 11.6. The zero-order chi connectivity index (χ0) is 15.0. The van der Waals surface area contributed by atoms with Gasteiger partial charge in [-0.2, -0.15) is 0 Å². The fourth-order valence-electron chi connectivity index (χ4n) is 1.85. The van der Waals surface area contributed by atoms with Crippen LogP contribution in [0.3, 0.4) is 0 Å². The summed E-state index contributed by atoms with van der Waals surface area (Å²) >= 11 is 5.77. The van der Waals surface area contributed by atoms with Gasteiger partial charge in [0, 0.05) is 36.6 Å². The average molecular weight is 294 g/mol. The Labute approximate surface area is 119 Å². The molecule has 20 heavy (non-hydrogen) atoms. The Kier molecular flexibility index (Phi) is 3.50. The number of anilines is 1. The second-order valence-corrected chi connectivity index (χ2v) is 4.80. The van der Waals surface area contributed by atoms with Crippen molar-refractivity contribution in [3.63, 3.8) is 0 Å². The van der Waals surface area contributed by atoms with Crippen LogP contribution in [0.15, 0.2) is 34.0 Å². The highest BCUT2D eigenvalue weighted by Crippen LogP contribution is 2.19. The molecule has 0 spiro atoms. The van der Waals surface area contributed by atoms with Crippen LogP contribution in [0.4, 0.5) is 5.69 Å². The van der Waals surface area contributed by atoms with Gasteiger partial charge in [0.05, 0.1) is 0 Å². The van der Waals surface area contributed by atoms with E-state index in [-0.39, 0.29) is 16.8 Å². The lowest BCUT2D eigenvalue weighted by molar-refractivity contribution is 0.103. The Bertz CT molecular complexity index is 821. The van der Waals surface area contributed by atoms with Crippen molar-refractivity contribution < 1.29 is 4.79 Å². The summed E-state index contributed by atoms with van der Waals surface area (Å²) in [6.45, 7) is 0. The maximum atomic E-state index is 12.4. The minimum Gasteiger partial charge on any atom is -0.398 e. The average Bonchev–Trinajstić information content (AvgIpc) is 2.40. The van der Waals surface area contributed by atoms with E-state index < -0.39 is 17.0 Å². The number of aryl methyl sites for hydroxylation is 1. The third-order valence-electron chi connectivity index (χ3n) is 2.95. The normalized spacial score (nSPS) is 10.6. The van der Waals surface area contributed by atoms with Crippen LogP contribution in [0.1, 0.15) is 15.9 Å². The number of rotatable bonds is 2. The number of carbonyl (C=O) groups is 1. The number of carbonyl (C=O) groups excluding carboxylic acids is 1. The second-order valence-electron chi connectivity index (χ2n) is 4.36. The van der Waals surface area contributed by atoms with Crippen LogP contribution in [0.2, 0.25) is 5.02 Å². The van der Waals surface area contributed by atoms with Gasteiger partial charge in [0.2, 0.25) is 5.78 Å². The molecule has 2 aromatic rings. The number of halogens is 1. The van der Waals surface area contributed by atoms with E-state index in [0.29, 0.717) is 5.02 Å². The van der Waals surface area contributed by atoms with E-state index in [4.69, 9.17) is 17.3 Å². The molecule has 0 radical (unpaired) electrons. The highest BCUT2D eigenvalue weighted by Gasteiger charge is 2.18. The van der Waals surface area contributed by atoms with Crippen LogP contribution in [0.25, 0.3) is 0 Å². The summed E-state index contributed by atoms with van der Waals surface area (Å²) in [5.74, 6) is -0.546. The molecule has 1 aromatic carbocycles. The molecule has 0 saturated carbocycles. The number of nitrogens with two attached hydrogens (primary N) is 1. The first-order valence-electron chi connectivity index (χ1n) is 5.69. The number of benzene rings is 1. The number of nitrogen functional groups attached to an aromatic ring is 1. The van der Waals surface area contributed by atoms with Crippen molar-refractivity contribution in [1.82, 2.24) is 9.13 Å². The van der Waals surface area contributed by atoms with Crippen molar-refractivity contribution in [2.45, 2.75) is 0 Å². The molecule has 0 aliphatic carbocycles. The molecular formula is C13H12ClN3O3. The van der Waals surface area contributed by atoms with Gasteiger partial charge in [-0.05, 0) is 18.2 Å². The SMILES string of the molecule is Cn1cc(C(=O)c2ccc(Cl)cc2N)c(=O)n(C)c1=O. The van der Waals surface area contributed by atoms with Crippen LogP contribution < -0.4 is 17.0 Å². The van der Waals surface area contributed by atoms with Gasteiger partial charge in [-0.15, -0.1) is 0 Å². The van der Waals surface area contributed by atoms with Crippen molar-refractivity contribution in [2.24, 2.45) is 14.1 Å². The summed E-state index contributed by atoms with van der Waals surface area (Å²) in [7, 11) is 2.77. The number of aromatic nitrogens is 2. The number of hydrogen-bond donors (Lipinski definition) is 1. The third-order valence-corrected chi connectivity index (χ3v) is 3.18. The largest absolute Gasteiger partial charge is 0.398 e. The van der Waals surface area contributed by atoms with Gasteiger partial charge in [-0.1, -0.05) is 11.6 Å². The minimum absolute atomic E-state index is 0.122. The monoisotopic (exact) mass is 293 g/mol. The minimum atomic E-state index is -0.660. The molecule has 0 aliphatic rings. The second kappa shape index (κ2) is 4.97. The van der Waals surface area contributed by atoms with E-state index in [1.165, 1.54) is 43.1 Å². The molecule has 104 valence electrons. The molecule has 0 amide bonds. The van der Waals surface area contributed by atoms with Crippen LogP contribution in [-0.4, -0.2) is 14.9 Å². The number of ketones is 1. The Balaban J connectivity index is 2.66.